The van der Waals surface area contributed by atoms with Crippen LogP contribution in [0.1, 0.15) is 46.5 Å². The van der Waals surface area contributed by atoms with E-state index < -0.39 is 0 Å². The third kappa shape index (κ3) is 6.76. The van der Waals surface area contributed by atoms with Crippen molar-refractivity contribution in [1.82, 2.24) is 9.97 Å². The van der Waals surface area contributed by atoms with Gasteiger partial charge in [-0.2, -0.15) is 4.98 Å². The van der Waals surface area contributed by atoms with Crippen molar-refractivity contribution in [3.05, 3.63) is 10.7 Å². The smallest absolute Gasteiger partial charge is 0.224 e. The van der Waals surface area contributed by atoms with Gasteiger partial charge < -0.3 is 10.6 Å². The van der Waals surface area contributed by atoms with E-state index in [1.165, 1.54) is 19.3 Å². The molecule has 2 N–H and O–H groups in total. The van der Waals surface area contributed by atoms with E-state index in [2.05, 4.69) is 57.3 Å². The number of nitrogens with zero attached hydrogens (tertiary/aromatic N) is 2. The van der Waals surface area contributed by atoms with Crippen LogP contribution in [-0.2, 0) is 0 Å². The van der Waals surface area contributed by atoms with Crippen LogP contribution in [0.25, 0.3) is 0 Å². The Balaban J connectivity index is 2.39. The third-order valence-electron chi connectivity index (χ3n) is 2.78. The van der Waals surface area contributed by atoms with Gasteiger partial charge in [0.25, 0.3) is 0 Å². The first-order valence-corrected chi connectivity index (χ1v) is 7.93. The number of unbranched alkanes of at least 4 members (excludes halogenated alkanes) is 1. The van der Waals surface area contributed by atoms with Crippen LogP contribution in [0.3, 0.4) is 0 Å². The summed E-state index contributed by atoms with van der Waals surface area (Å²) >= 11 is 3.48. The molecule has 4 nitrogen and oxygen atoms in total. The quantitative estimate of drug-likeness (QED) is 0.663. The zero-order valence-corrected chi connectivity index (χ0v) is 13.8. The maximum absolute atomic E-state index is 4.46. The van der Waals surface area contributed by atoms with Gasteiger partial charge in [-0.05, 0) is 34.7 Å². The second-order valence-electron chi connectivity index (χ2n) is 5.13. The van der Waals surface area contributed by atoms with Crippen molar-refractivity contribution in [3.8, 4) is 0 Å². The number of anilines is 2. The fraction of sp³-hybridized carbons (Fsp3) is 0.714. The summed E-state index contributed by atoms with van der Waals surface area (Å²) in [6.07, 6.45) is 6.58. The molecule has 0 saturated carbocycles. The summed E-state index contributed by atoms with van der Waals surface area (Å²) < 4.78 is 0.915. The Kier molecular flexibility index (Phi) is 7.79. The first kappa shape index (κ1) is 16.2. The molecule has 0 saturated heterocycles. The molecule has 0 amide bonds. The van der Waals surface area contributed by atoms with Crippen LogP contribution in [0, 0.1) is 5.92 Å². The number of hydrogen-bond acceptors (Lipinski definition) is 4. The summed E-state index contributed by atoms with van der Waals surface area (Å²) in [5, 5.41) is 6.56. The average molecular weight is 329 g/mol. The monoisotopic (exact) mass is 328 g/mol. The van der Waals surface area contributed by atoms with Gasteiger partial charge in [0.2, 0.25) is 5.95 Å². The summed E-state index contributed by atoms with van der Waals surface area (Å²) in [4.78, 5) is 8.70. The summed E-state index contributed by atoms with van der Waals surface area (Å²) in [6.45, 7) is 8.50. The lowest BCUT2D eigenvalue weighted by atomic mass is 10.1. The second-order valence-corrected chi connectivity index (χ2v) is 5.99. The van der Waals surface area contributed by atoms with Crippen LogP contribution in [0.4, 0.5) is 11.8 Å². The summed E-state index contributed by atoms with van der Waals surface area (Å²) in [6, 6.07) is 0. The molecule has 0 unspecified atom stereocenters. The minimum absolute atomic E-state index is 0.690. The van der Waals surface area contributed by atoms with Crippen molar-refractivity contribution in [2.24, 2.45) is 5.92 Å². The molecule has 1 rings (SSSR count). The first-order chi connectivity index (χ1) is 9.13. The highest BCUT2D eigenvalue weighted by molar-refractivity contribution is 9.10. The van der Waals surface area contributed by atoms with E-state index in [9.17, 15) is 0 Å². The number of rotatable bonds is 9. The Morgan fingerprint density at radius 1 is 1.21 bits per heavy atom. The van der Waals surface area contributed by atoms with Crippen molar-refractivity contribution < 1.29 is 0 Å². The Hall–Kier alpha value is -0.840. The lowest BCUT2D eigenvalue weighted by Gasteiger charge is -2.10. The third-order valence-corrected chi connectivity index (χ3v) is 3.36. The predicted octanol–water partition coefficient (Wildman–Crippen LogP) is 4.30. The number of halogens is 1. The molecule has 0 aliphatic rings. The molecule has 1 aromatic heterocycles. The average Bonchev–Trinajstić information content (AvgIpc) is 2.38. The van der Waals surface area contributed by atoms with E-state index in [0.29, 0.717) is 5.95 Å². The van der Waals surface area contributed by atoms with Gasteiger partial charge in [0.05, 0.1) is 4.47 Å². The van der Waals surface area contributed by atoms with Gasteiger partial charge in [0.1, 0.15) is 5.82 Å². The Morgan fingerprint density at radius 2 is 2.00 bits per heavy atom. The summed E-state index contributed by atoms with van der Waals surface area (Å²) in [5.41, 5.74) is 0. The lowest BCUT2D eigenvalue weighted by Crippen LogP contribution is -2.09. The van der Waals surface area contributed by atoms with Crippen LogP contribution in [0.5, 0.6) is 0 Å². The summed E-state index contributed by atoms with van der Waals surface area (Å²) in [5.74, 6) is 2.35. The van der Waals surface area contributed by atoms with E-state index in [-0.39, 0.29) is 0 Å². The minimum Gasteiger partial charge on any atom is -0.369 e. The van der Waals surface area contributed by atoms with E-state index in [0.717, 1.165) is 35.7 Å². The zero-order chi connectivity index (χ0) is 14.1. The van der Waals surface area contributed by atoms with Crippen molar-refractivity contribution in [1.29, 1.82) is 0 Å². The Bertz CT molecular complexity index is 368. The highest BCUT2D eigenvalue weighted by Gasteiger charge is 2.04. The van der Waals surface area contributed by atoms with Gasteiger partial charge in [-0.25, -0.2) is 4.98 Å². The van der Waals surface area contributed by atoms with Gasteiger partial charge in [-0.3, -0.25) is 0 Å². The standard InChI is InChI=1S/C14H25BrN4/c1-4-8-17-14-18-10-12(15)13(19-14)16-9-6-5-7-11(2)3/h10-11H,4-9H2,1-3H3,(H2,16,17,18,19). The molecule has 0 spiro atoms. The highest BCUT2D eigenvalue weighted by Crippen LogP contribution is 2.20. The van der Waals surface area contributed by atoms with Gasteiger partial charge in [0.15, 0.2) is 0 Å². The van der Waals surface area contributed by atoms with Crippen molar-refractivity contribution >= 4 is 27.7 Å². The van der Waals surface area contributed by atoms with Crippen LogP contribution in [-0.4, -0.2) is 23.1 Å². The zero-order valence-electron chi connectivity index (χ0n) is 12.2. The van der Waals surface area contributed by atoms with E-state index in [4.69, 9.17) is 0 Å². The molecule has 0 atom stereocenters. The molecule has 0 radical (unpaired) electrons. The normalized spacial score (nSPS) is 10.8. The van der Waals surface area contributed by atoms with Gasteiger partial charge in [-0.15, -0.1) is 0 Å². The molecule has 5 heteroatoms. The Morgan fingerprint density at radius 3 is 2.68 bits per heavy atom. The predicted molar refractivity (Wildman–Crippen MR) is 85.7 cm³/mol. The van der Waals surface area contributed by atoms with Crippen molar-refractivity contribution in [2.45, 2.75) is 46.5 Å². The molecule has 0 bridgehead atoms. The van der Waals surface area contributed by atoms with E-state index >= 15 is 0 Å². The highest BCUT2D eigenvalue weighted by atomic mass is 79.9. The maximum atomic E-state index is 4.46. The van der Waals surface area contributed by atoms with Crippen LogP contribution < -0.4 is 10.6 Å². The number of aromatic nitrogens is 2. The molecule has 0 aliphatic heterocycles. The van der Waals surface area contributed by atoms with Crippen molar-refractivity contribution in [2.75, 3.05) is 23.7 Å². The van der Waals surface area contributed by atoms with Crippen LogP contribution in [0.15, 0.2) is 10.7 Å². The molecule has 0 fully saturated rings. The lowest BCUT2D eigenvalue weighted by molar-refractivity contribution is 0.544. The van der Waals surface area contributed by atoms with Crippen LogP contribution >= 0.6 is 15.9 Å². The van der Waals surface area contributed by atoms with Gasteiger partial charge in [-0.1, -0.05) is 33.6 Å². The molecule has 108 valence electrons. The largest absolute Gasteiger partial charge is 0.369 e. The number of hydrogen-bond donors (Lipinski definition) is 2. The fourth-order valence-corrected chi connectivity index (χ4v) is 2.03. The maximum Gasteiger partial charge on any atom is 0.224 e. The SMILES string of the molecule is CCCNc1ncc(Br)c(NCCCCC(C)C)n1. The van der Waals surface area contributed by atoms with Crippen LogP contribution in [0.2, 0.25) is 0 Å². The van der Waals surface area contributed by atoms with Gasteiger partial charge in [0, 0.05) is 19.3 Å². The molecule has 0 aliphatic carbocycles. The minimum atomic E-state index is 0.690. The molecule has 19 heavy (non-hydrogen) atoms. The molecule has 0 aromatic carbocycles. The molecular weight excluding hydrogens is 304 g/mol. The van der Waals surface area contributed by atoms with E-state index in [1.54, 1.807) is 6.20 Å². The van der Waals surface area contributed by atoms with Gasteiger partial charge >= 0.3 is 0 Å². The second kappa shape index (κ2) is 9.13. The molecule has 1 aromatic rings. The topological polar surface area (TPSA) is 49.8 Å². The van der Waals surface area contributed by atoms with Crippen molar-refractivity contribution in [3.63, 3.8) is 0 Å². The number of nitrogens with one attached hydrogen (secondary N) is 2. The molecule has 1 heterocycles. The fourth-order valence-electron chi connectivity index (χ4n) is 1.70. The van der Waals surface area contributed by atoms with E-state index in [1.807, 2.05) is 0 Å². The summed E-state index contributed by atoms with van der Waals surface area (Å²) in [7, 11) is 0. The molecular formula is C14H25BrN4. The Labute approximate surface area is 124 Å². The first-order valence-electron chi connectivity index (χ1n) is 7.13.